The van der Waals surface area contributed by atoms with Crippen LogP contribution in [-0.4, -0.2) is 0 Å². The molecule has 0 saturated heterocycles. The molecule has 0 unspecified atom stereocenters. The molecule has 0 bridgehead atoms. The lowest BCUT2D eigenvalue weighted by atomic mass is 9.88. The van der Waals surface area contributed by atoms with Gasteiger partial charge in [-0.1, -0.05) is 237 Å². The normalized spacial score (nSPS) is 11.8. The molecule has 0 heterocycles. The third-order valence-corrected chi connectivity index (χ3v) is 20.8. The van der Waals surface area contributed by atoms with Crippen LogP contribution in [0.3, 0.4) is 0 Å². The van der Waals surface area contributed by atoms with Crippen LogP contribution in [0.2, 0.25) is 0 Å². The summed E-state index contributed by atoms with van der Waals surface area (Å²) in [6.07, 6.45) is 0. The van der Waals surface area contributed by atoms with Crippen LogP contribution in [0.1, 0.15) is 0 Å². The van der Waals surface area contributed by atoms with Crippen molar-refractivity contribution in [3.63, 3.8) is 0 Å². The van der Waals surface area contributed by atoms with Crippen LogP contribution in [0.5, 0.6) is 0 Å². The molecule has 0 fully saturated rings. The van der Waals surface area contributed by atoms with Crippen LogP contribution < -0.4 is 19.6 Å². The molecule has 4 heteroatoms. The van der Waals surface area contributed by atoms with Crippen LogP contribution in [0, 0.1) is 0 Å². The quantitative estimate of drug-likeness (QED) is 0.107. The Hall–Kier alpha value is -13.3. The lowest BCUT2D eigenvalue weighted by molar-refractivity contribution is 1.26. The van der Waals surface area contributed by atoms with Crippen molar-refractivity contribution in [3.8, 4) is 11.1 Å². The SMILES string of the molecule is c1ccc(N(c2ccc(N(c3ccc(-c4cc5ccc(N(c6ccccc6)c6ccc(N(c7ccccc7)c7ccc8ccc9cccc%10ccc7c8c9%10)cc6)c6ccc7cccc4c7c56)cc3)c3ccc4c(ccc5ccccc54)c3)cc2)c2ccc3c(ccc4ccccc43)c2)cc1. The van der Waals surface area contributed by atoms with E-state index in [1.54, 1.807) is 0 Å². The maximum atomic E-state index is 2.43. The van der Waals surface area contributed by atoms with E-state index >= 15 is 0 Å². The molecule has 0 radical (unpaired) electrons. The van der Waals surface area contributed by atoms with Gasteiger partial charge in [-0.15, -0.1) is 0 Å². The zero-order valence-electron chi connectivity index (χ0n) is 54.6. The molecule has 0 spiro atoms. The Labute approximate surface area is 579 Å². The van der Waals surface area contributed by atoms with Gasteiger partial charge in [0.25, 0.3) is 0 Å². The highest BCUT2D eigenvalue weighted by atomic mass is 15.2. The van der Waals surface area contributed by atoms with Gasteiger partial charge in [-0.05, 0) is 248 Å². The molecule has 20 aromatic carbocycles. The molecule has 0 aliphatic carbocycles. The van der Waals surface area contributed by atoms with Gasteiger partial charge >= 0.3 is 0 Å². The molecular formula is C96H62N4. The molecule has 0 aliphatic rings. The van der Waals surface area contributed by atoms with Crippen LogP contribution in [-0.2, 0) is 0 Å². The summed E-state index contributed by atoms with van der Waals surface area (Å²) in [4.78, 5) is 9.62. The Morgan fingerprint density at radius 1 is 0.140 bits per heavy atom. The second-order valence-electron chi connectivity index (χ2n) is 26.4. The summed E-state index contributed by atoms with van der Waals surface area (Å²) in [7, 11) is 0. The lowest BCUT2D eigenvalue weighted by Gasteiger charge is -2.30. The van der Waals surface area contributed by atoms with E-state index in [1.165, 1.54) is 113 Å². The molecule has 0 aromatic heterocycles. The summed E-state index contributed by atoms with van der Waals surface area (Å²) in [6.45, 7) is 0. The van der Waals surface area contributed by atoms with Crippen molar-refractivity contribution in [1.29, 1.82) is 0 Å². The van der Waals surface area contributed by atoms with E-state index in [4.69, 9.17) is 0 Å². The second kappa shape index (κ2) is 23.2. The summed E-state index contributed by atoms with van der Waals surface area (Å²) in [6, 6.07) is 139. The van der Waals surface area contributed by atoms with Crippen molar-refractivity contribution in [2.24, 2.45) is 0 Å². The van der Waals surface area contributed by atoms with Gasteiger partial charge in [-0.2, -0.15) is 0 Å². The van der Waals surface area contributed by atoms with Gasteiger partial charge in [0.15, 0.2) is 0 Å². The average molecular weight is 1270 g/mol. The predicted octanol–water partition coefficient (Wildman–Crippen LogP) is 27.6. The number of anilines is 12. The van der Waals surface area contributed by atoms with Gasteiger partial charge in [-0.25, -0.2) is 0 Å². The largest absolute Gasteiger partial charge is 0.310 e. The summed E-state index contributed by atoms with van der Waals surface area (Å²) in [5.41, 5.74) is 15.4. The van der Waals surface area contributed by atoms with Crippen molar-refractivity contribution in [3.05, 3.63) is 376 Å². The third kappa shape index (κ3) is 9.37. The maximum Gasteiger partial charge on any atom is 0.0540 e. The van der Waals surface area contributed by atoms with E-state index < -0.39 is 0 Å². The van der Waals surface area contributed by atoms with Crippen LogP contribution in [0.25, 0.3) is 119 Å². The summed E-state index contributed by atoms with van der Waals surface area (Å²) < 4.78 is 0. The topological polar surface area (TPSA) is 13.0 Å². The molecule has 466 valence electrons. The first kappa shape index (κ1) is 57.0. The van der Waals surface area contributed by atoms with Gasteiger partial charge in [0.05, 0.1) is 11.4 Å². The van der Waals surface area contributed by atoms with Gasteiger partial charge in [0, 0.05) is 67.6 Å². The standard InChI is InChI=1S/C96H62N4/c1-4-21-73(22-5-1)97(81-52-56-85-70(60-81)34-30-63-16-10-12-27-83(63)85)77-44-46-78(47-45-77)98(82-53-57-86-71(61-82)35-31-64-17-11-13-28-84(64)86)76-42-36-65(37-43-76)90-62-72-41-59-92(89-55-39-68-20-15-29-87(90)94(68)96(72)89)100(75-25-8-3-9-26-75)80-50-48-79(49-51-80)99(74-23-6-2-7-24-74)91-58-40-69-33-32-66-18-14-19-67-38-54-88(91)95(69)93(66)67/h1-62H. The van der Waals surface area contributed by atoms with Crippen LogP contribution in [0.15, 0.2) is 376 Å². The van der Waals surface area contributed by atoms with Gasteiger partial charge in [-0.3, -0.25) is 0 Å². The Morgan fingerprint density at radius 2 is 0.430 bits per heavy atom. The Kier molecular flexibility index (Phi) is 13.2. The smallest absolute Gasteiger partial charge is 0.0540 e. The minimum Gasteiger partial charge on any atom is -0.310 e. The van der Waals surface area contributed by atoms with Crippen LogP contribution >= 0.6 is 0 Å². The van der Waals surface area contributed by atoms with E-state index in [9.17, 15) is 0 Å². The van der Waals surface area contributed by atoms with E-state index in [0.29, 0.717) is 0 Å². The number of para-hydroxylation sites is 3. The number of hydrogen-bond acceptors (Lipinski definition) is 4. The predicted molar refractivity (Wildman–Crippen MR) is 428 cm³/mol. The molecule has 0 N–H and O–H groups in total. The first-order chi connectivity index (χ1) is 49.6. The van der Waals surface area contributed by atoms with Gasteiger partial charge in [0.1, 0.15) is 0 Å². The second-order valence-corrected chi connectivity index (χ2v) is 26.4. The molecule has 0 atom stereocenters. The van der Waals surface area contributed by atoms with E-state index in [2.05, 4.69) is 396 Å². The number of nitrogens with zero attached hydrogens (tertiary/aromatic N) is 4. The summed E-state index contributed by atoms with van der Waals surface area (Å²) in [5.74, 6) is 0. The highest BCUT2D eigenvalue weighted by Gasteiger charge is 2.25. The molecule has 4 nitrogen and oxygen atoms in total. The monoisotopic (exact) mass is 1270 g/mol. The van der Waals surface area contributed by atoms with E-state index in [0.717, 1.165) is 73.8 Å². The van der Waals surface area contributed by atoms with Crippen molar-refractivity contribution in [2.75, 3.05) is 19.6 Å². The van der Waals surface area contributed by atoms with Crippen LogP contribution in [0.4, 0.5) is 68.2 Å². The van der Waals surface area contributed by atoms with Crippen molar-refractivity contribution >= 4 is 176 Å². The molecule has 0 amide bonds. The first-order valence-corrected chi connectivity index (χ1v) is 34.5. The highest BCUT2D eigenvalue weighted by Crippen LogP contribution is 2.50. The Balaban J connectivity index is 0.679. The van der Waals surface area contributed by atoms with Crippen molar-refractivity contribution < 1.29 is 0 Å². The molecule has 0 saturated carbocycles. The molecular weight excluding hydrogens is 1210 g/mol. The molecule has 100 heavy (non-hydrogen) atoms. The Morgan fingerprint density at radius 3 is 0.930 bits per heavy atom. The van der Waals surface area contributed by atoms with Crippen molar-refractivity contribution in [1.82, 2.24) is 0 Å². The third-order valence-electron chi connectivity index (χ3n) is 20.8. The number of benzene rings is 20. The maximum absolute atomic E-state index is 2.43. The summed E-state index contributed by atoms with van der Waals surface area (Å²) >= 11 is 0. The lowest BCUT2D eigenvalue weighted by Crippen LogP contribution is -2.13. The van der Waals surface area contributed by atoms with E-state index in [1.807, 2.05) is 0 Å². The fourth-order valence-corrected chi connectivity index (χ4v) is 16.2. The summed E-state index contributed by atoms with van der Waals surface area (Å²) in [5, 5.41) is 24.8. The number of rotatable bonds is 13. The van der Waals surface area contributed by atoms with Crippen molar-refractivity contribution in [2.45, 2.75) is 0 Å². The number of fused-ring (bicyclic) bond motifs is 6. The van der Waals surface area contributed by atoms with E-state index in [-0.39, 0.29) is 0 Å². The highest BCUT2D eigenvalue weighted by molar-refractivity contribution is 6.29. The average Bonchev–Trinajstić information content (AvgIpc) is 0.725. The minimum atomic E-state index is 1.06. The zero-order valence-corrected chi connectivity index (χ0v) is 54.6. The Bertz CT molecular complexity index is 6500. The zero-order chi connectivity index (χ0) is 65.8. The van der Waals surface area contributed by atoms with Gasteiger partial charge < -0.3 is 19.6 Å². The molecule has 20 rings (SSSR count). The minimum absolute atomic E-state index is 1.06. The fourth-order valence-electron chi connectivity index (χ4n) is 16.2. The fraction of sp³-hybridized carbons (Fsp3) is 0. The first-order valence-electron chi connectivity index (χ1n) is 34.5. The van der Waals surface area contributed by atoms with Gasteiger partial charge in [0.2, 0.25) is 0 Å². The molecule has 20 aromatic rings. The molecule has 0 aliphatic heterocycles. The number of hydrogen-bond donors (Lipinski definition) is 0.